The number of H-pyrrole nitrogens is 1. The minimum absolute atomic E-state index is 0.132. The van der Waals surface area contributed by atoms with Gasteiger partial charge in [-0.1, -0.05) is 72.4 Å². The number of fused-ring (bicyclic) bond motifs is 1. The van der Waals surface area contributed by atoms with Crippen molar-refractivity contribution in [2.75, 3.05) is 0 Å². The number of thiophene rings is 1. The number of hydrogen-bond acceptors (Lipinski definition) is 7. The molecular formula is C26H19N5O2S2. The molecule has 172 valence electrons. The lowest BCUT2D eigenvalue weighted by atomic mass is 10.1. The standard InChI is InChI=1S/C26H19N5O2S2/c32-24-22-19(18-10-5-2-6-11-18)15-34-25(22)28-21(27-24)16-35-26-30-29-23(20-12-7-13-33-20)31(26)14-17-8-3-1-4-9-17/h1-13,15H,14,16H2,(H,27,28,32). The van der Waals surface area contributed by atoms with Crippen molar-refractivity contribution >= 4 is 33.3 Å². The summed E-state index contributed by atoms with van der Waals surface area (Å²) in [5.74, 6) is 2.36. The van der Waals surface area contributed by atoms with Gasteiger partial charge in [-0.3, -0.25) is 9.36 Å². The zero-order chi connectivity index (χ0) is 23.6. The highest BCUT2D eigenvalue weighted by molar-refractivity contribution is 7.98. The lowest BCUT2D eigenvalue weighted by Crippen LogP contribution is -2.11. The summed E-state index contributed by atoms with van der Waals surface area (Å²) in [4.78, 5) is 21.4. The molecule has 35 heavy (non-hydrogen) atoms. The molecule has 0 aliphatic carbocycles. The lowest BCUT2D eigenvalue weighted by molar-refractivity contribution is 0.569. The molecule has 0 radical (unpaired) electrons. The summed E-state index contributed by atoms with van der Waals surface area (Å²) >= 11 is 2.96. The second-order valence-corrected chi connectivity index (χ2v) is 9.65. The van der Waals surface area contributed by atoms with E-state index in [2.05, 4.69) is 27.3 Å². The van der Waals surface area contributed by atoms with Crippen molar-refractivity contribution in [3.05, 3.63) is 106 Å². The van der Waals surface area contributed by atoms with Crippen LogP contribution in [0.25, 0.3) is 32.9 Å². The summed E-state index contributed by atoms with van der Waals surface area (Å²) in [7, 11) is 0. The molecule has 6 rings (SSSR count). The quantitative estimate of drug-likeness (QED) is 0.279. The highest BCUT2D eigenvalue weighted by atomic mass is 32.2. The topological polar surface area (TPSA) is 89.6 Å². The lowest BCUT2D eigenvalue weighted by Gasteiger charge is -2.09. The van der Waals surface area contributed by atoms with E-state index in [1.807, 2.05) is 70.6 Å². The molecule has 0 amide bonds. The smallest absolute Gasteiger partial charge is 0.260 e. The van der Waals surface area contributed by atoms with Crippen LogP contribution in [0.4, 0.5) is 0 Å². The minimum Gasteiger partial charge on any atom is -0.461 e. The van der Waals surface area contributed by atoms with Gasteiger partial charge >= 0.3 is 0 Å². The van der Waals surface area contributed by atoms with Gasteiger partial charge < -0.3 is 9.40 Å². The summed E-state index contributed by atoms with van der Waals surface area (Å²) in [5.41, 5.74) is 2.91. The molecule has 0 bridgehead atoms. The maximum absolute atomic E-state index is 13.0. The molecular weight excluding hydrogens is 478 g/mol. The molecule has 1 N–H and O–H groups in total. The Morgan fingerprint density at radius 1 is 0.971 bits per heavy atom. The highest BCUT2D eigenvalue weighted by Crippen LogP contribution is 2.31. The number of aromatic nitrogens is 5. The Hall–Kier alpha value is -3.95. The van der Waals surface area contributed by atoms with E-state index >= 15 is 0 Å². The van der Waals surface area contributed by atoms with Crippen molar-refractivity contribution in [2.45, 2.75) is 17.5 Å². The van der Waals surface area contributed by atoms with Crippen LogP contribution in [0.1, 0.15) is 11.4 Å². The monoisotopic (exact) mass is 497 g/mol. The van der Waals surface area contributed by atoms with Crippen molar-refractivity contribution in [1.82, 2.24) is 24.7 Å². The Labute approximate surface area is 208 Å². The van der Waals surface area contributed by atoms with Crippen LogP contribution in [-0.4, -0.2) is 24.7 Å². The number of thioether (sulfide) groups is 1. The average Bonchev–Trinajstić information content (AvgIpc) is 3.64. The molecule has 0 spiro atoms. The van der Waals surface area contributed by atoms with Gasteiger partial charge in [0.1, 0.15) is 10.7 Å². The van der Waals surface area contributed by atoms with E-state index in [0.29, 0.717) is 35.1 Å². The van der Waals surface area contributed by atoms with Crippen LogP contribution in [0.5, 0.6) is 0 Å². The van der Waals surface area contributed by atoms with Crippen LogP contribution < -0.4 is 5.56 Å². The van der Waals surface area contributed by atoms with E-state index in [4.69, 9.17) is 9.40 Å². The van der Waals surface area contributed by atoms with Crippen molar-refractivity contribution in [3.63, 3.8) is 0 Å². The van der Waals surface area contributed by atoms with Gasteiger partial charge in [0.25, 0.3) is 5.56 Å². The number of rotatable bonds is 7. The number of hydrogen-bond donors (Lipinski definition) is 1. The first-order chi connectivity index (χ1) is 17.3. The maximum Gasteiger partial charge on any atom is 0.260 e. The maximum atomic E-state index is 13.0. The Kier molecular flexibility index (Phi) is 5.77. The number of nitrogens with zero attached hydrogens (tertiary/aromatic N) is 4. The third kappa shape index (κ3) is 4.31. The first kappa shape index (κ1) is 21.6. The van der Waals surface area contributed by atoms with Gasteiger partial charge in [-0.15, -0.1) is 21.5 Å². The van der Waals surface area contributed by atoms with E-state index < -0.39 is 0 Å². The first-order valence-corrected chi connectivity index (χ1v) is 12.8. The van der Waals surface area contributed by atoms with E-state index in [-0.39, 0.29) is 5.56 Å². The first-order valence-electron chi connectivity index (χ1n) is 11.0. The van der Waals surface area contributed by atoms with Crippen LogP contribution in [0.3, 0.4) is 0 Å². The Balaban J connectivity index is 1.30. The zero-order valence-electron chi connectivity index (χ0n) is 18.4. The molecule has 0 aliphatic heterocycles. The van der Waals surface area contributed by atoms with Crippen LogP contribution in [0.15, 0.2) is 98.8 Å². The fraction of sp³-hybridized carbons (Fsp3) is 0.0769. The number of furan rings is 1. The predicted octanol–water partition coefficient (Wildman–Crippen LogP) is 5.84. The van der Waals surface area contributed by atoms with Gasteiger partial charge in [-0.05, 0) is 23.3 Å². The Morgan fingerprint density at radius 3 is 2.54 bits per heavy atom. The van der Waals surface area contributed by atoms with E-state index in [0.717, 1.165) is 26.7 Å². The van der Waals surface area contributed by atoms with Crippen molar-refractivity contribution in [1.29, 1.82) is 0 Å². The average molecular weight is 498 g/mol. The van der Waals surface area contributed by atoms with Gasteiger partial charge in [0.2, 0.25) is 5.82 Å². The third-order valence-electron chi connectivity index (χ3n) is 5.56. The third-order valence-corrected chi connectivity index (χ3v) is 7.41. The van der Waals surface area contributed by atoms with Gasteiger partial charge in [0, 0.05) is 10.9 Å². The fourth-order valence-corrected chi connectivity index (χ4v) is 5.69. The van der Waals surface area contributed by atoms with E-state index in [1.165, 1.54) is 23.1 Å². The Morgan fingerprint density at radius 2 is 1.77 bits per heavy atom. The molecule has 0 saturated carbocycles. The number of benzene rings is 2. The van der Waals surface area contributed by atoms with Gasteiger partial charge in [-0.2, -0.15) is 0 Å². The molecule has 4 heterocycles. The van der Waals surface area contributed by atoms with Crippen molar-refractivity contribution in [3.8, 4) is 22.7 Å². The highest BCUT2D eigenvalue weighted by Gasteiger charge is 2.18. The fourth-order valence-electron chi connectivity index (χ4n) is 3.92. The van der Waals surface area contributed by atoms with E-state index in [9.17, 15) is 4.79 Å². The molecule has 6 aromatic rings. The molecule has 0 fully saturated rings. The molecule has 2 aromatic carbocycles. The molecule has 9 heteroatoms. The summed E-state index contributed by atoms with van der Waals surface area (Å²) in [5, 5.41) is 12.1. The summed E-state index contributed by atoms with van der Waals surface area (Å²) < 4.78 is 7.61. The zero-order valence-corrected chi connectivity index (χ0v) is 20.1. The molecule has 0 aliphatic rings. The SMILES string of the molecule is O=c1[nH]c(CSc2nnc(-c3ccco3)n2Cc2ccccc2)nc2scc(-c3ccccc3)c12. The second-order valence-electron chi connectivity index (χ2n) is 7.85. The summed E-state index contributed by atoms with van der Waals surface area (Å²) in [6.45, 7) is 0.598. The molecule has 4 aromatic heterocycles. The van der Waals surface area contributed by atoms with Crippen LogP contribution in [-0.2, 0) is 12.3 Å². The molecule has 0 atom stereocenters. The van der Waals surface area contributed by atoms with Crippen molar-refractivity contribution < 1.29 is 4.42 Å². The normalized spacial score (nSPS) is 11.3. The minimum atomic E-state index is -0.132. The van der Waals surface area contributed by atoms with Gasteiger partial charge in [0.15, 0.2) is 10.9 Å². The van der Waals surface area contributed by atoms with Crippen molar-refractivity contribution in [2.24, 2.45) is 0 Å². The van der Waals surface area contributed by atoms with Crippen LogP contribution in [0, 0.1) is 0 Å². The van der Waals surface area contributed by atoms with Crippen LogP contribution in [0.2, 0.25) is 0 Å². The van der Waals surface area contributed by atoms with Gasteiger partial charge in [-0.25, -0.2) is 4.98 Å². The second kappa shape index (κ2) is 9.36. The summed E-state index contributed by atoms with van der Waals surface area (Å²) in [6, 6.07) is 23.7. The largest absolute Gasteiger partial charge is 0.461 e. The summed E-state index contributed by atoms with van der Waals surface area (Å²) in [6.07, 6.45) is 1.62. The molecule has 0 saturated heterocycles. The number of nitrogens with one attached hydrogen (secondary N) is 1. The van der Waals surface area contributed by atoms with Crippen LogP contribution >= 0.6 is 23.1 Å². The molecule has 0 unspecified atom stereocenters. The Bertz CT molecular complexity index is 1640. The predicted molar refractivity (Wildman–Crippen MR) is 139 cm³/mol. The number of aromatic amines is 1. The van der Waals surface area contributed by atoms with Gasteiger partial charge in [0.05, 0.1) is 23.9 Å². The van der Waals surface area contributed by atoms with E-state index in [1.54, 1.807) is 6.26 Å². The molecule has 7 nitrogen and oxygen atoms in total.